The average Bonchev–Trinajstić information content (AvgIpc) is 2.18. The quantitative estimate of drug-likeness (QED) is 0.740. The number of hydrogen-bond acceptors (Lipinski definition) is 3. The zero-order chi connectivity index (χ0) is 11.3. The van der Waals surface area contributed by atoms with Crippen LogP contribution in [0.25, 0.3) is 0 Å². The van der Waals surface area contributed by atoms with Crippen molar-refractivity contribution >= 4 is 5.91 Å². The summed E-state index contributed by atoms with van der Waals surface area (Å²) >= 11 is 0. The molecule has 0 radical (unpaired) electrons. The monoisotopic (exact) mass is 214 g/mol. The van der Waals surface area contributed by atoms with Crippen LogP contribution in [0.15, 0.2) is 0 Å². The molecule has 0 aliphatic carbocycles. The Morgan fingerprint density at radius 3 is 2.93 bits per heavy atom. The van der Waals surface area contributed by atoms with Gasteiger partial charge in [0.25, 0.3) is 0 Å². The minimum absolute atomic E-state index is 0.204. The van der Waals surface area contributed by atoms with Gasteiger partial charge in [0.2, 0.25) is 5.91 Å². The van der Waals surface area contributed by atoms with E-state index in [1.54, 1.807) is 0 Å². The van der Waals surface area contributed by atoms with Crippen LogP contribution >= 0.6 is 0 Å². The van der Waals surface area contributed by atoms with Gasteiger partial charge in [0.15, 0.2) is 0 Å². The molecular weight excluding hydrogens is 192 g/mol. The Morgan fingerprint density at radius 1 is 1.60 bits per heavy atom. The molecule has 0 bridgehead atoms. The third kappa shape index (κ3) is 3.80. The molecule has 0 aromatic rings. The second kappa shape index (κ2) is 6.08. The second-order valence-electron chi connectivity index (χ2n) is 4.47. The first-order chi connectivity index (χ1) is 7.15. The molecule has 4 nitrogen and oxygen atoms in total. The van der Waals surface area contributed by atoms with Gasteiger partial charge in [0.05, 0.1) is 19.3 Å². The molecule has 1 N–H and O–H groups in total. The van der Waals surface area contributed by atoms with Crippen LogP contribution in [0.3, 0.4) is 0 Å². The number of nitrogens with one attached hydrogen (secondary N) is 1. The molecule has 1 amide bonds. The molecule has 1 heterocycles. The van der Waals surface area contributed by atoms with Gasteiger partial charge in [-0.2, -0.15) is 0 Å². The largest absolute Gasteiger partial charge is 0.377 e. The van der Waals surface area contributed by atoms with Gasteiger partial charge >= 0.3 is 0 Å². The third-order valence-electron chi connectivity index (χ3n) is 2.57. The van der Waals surface area contributed by atoms with Crippen molar-refractivity contribution in [2.45, 2.75) is 26.3 Å². The number of carbonyl (C=O) groups is 1. The normalized spacial score (nSPS) is 22.1. The molecule has 0 aromatic carbocycles. The van der Waals surface area contributed by atoms with E-state index in [1.165, 1.54) is 0 Å². The van der Waals surface area contributed by atoms with E-state index in [-0.39, 0.29) is 11.9 Å². The molecule has 1 rings (SSSR count). The topological polar surface area (TPSA) is 41.6 Å². The van der Waals surface area contributed by atoms with Crippen LogP contribution in [0, 0.1) is 5.92 Å². The van der Waals surface area contributed by atoms with E-state index in [1.807, 2.05) is 11.9 Å². The van der Waals surface area contributed by atoms with E-state index in [4.69, 9.17) is 4.74 Å². The summed E-state index contributed by atoms with van der Waals surface area (Å²) in [5, 5.41) is 3.10. The van der Waals surface area contributed by atoms with E-state index >= 15 is 0 Å². The Bertz CT molecular complexity index is 205. The van der Waals surface area contributed by atoms with Crippen LogP contribution in [-0.4, -0.2) is 50.2 Å². The number of carbonyl (C=O) groups excluding carboxylic acids is 1. The van der Waals surface area contributed by atoms with Crippen molar-refractivity contribution in [3.63, 3.8) is 0 Å². The van der Waals surface area contributed by atoms with Crippen LogP contribution in [0.2, 0.25) is 0 Å². The van der Waals surface area contributed by atoms with E-state index in [0.29, 0.717) is 25.6 Å². The molecular formula is C11H22N2O2. The number of morpholine rings is 1. The minimum Gasteiger partial charge on any atom is -0.377 e. The van der Waals surface area contributed by atoms with Gasteiger partial charge in [0.1, 0.15) is 0 Å². The first kappa shape index (κ1) is 12.5. The van der Waals surface area contributed by atoms with Crippen LogP contribution in [0.4, 0.5) is 0 Å². The standard InChI is InChI=1S/C11H22N2O2/c1-9(2)6-11(14)13-4-5-15-8-10(13)7-12-3/h9-10,12H,4-8H2,1-3H3. The maximum absolute atomic E-state index is 11.9. The summed E-state index contributed by atoms with van der Waals surface area (Å²) < 4.78 is 5.39. The summed E-state index contributed by atoms with van der Waals surface area (Å²) in [6, 6.07) is 0.204. The van der Waals surface area contributed by atoms with Crippen molar-refractivity contribution < 1.29 is 9.53 Å². The van der Waals surface area contributed by atoms with Crippen molar-refractivity contribution in [2.75, 3.05) is 33.4 Å². The van der Waals surface area contributed by atoms with Crippen molar-refractivity contribution in [1.29, 1.82) is 0 Å². The van der Waals surface area contributed by atoms with Crippen LogP contribution in [0.5, 0.6) is 0 Å². The van der Waals surface area contributed by atoms with Crippen LogP contribution < -0.4 is 5.32 Å². The molecule has 1 unspecified atom stereocenters. The van der Waals surface area contributed by atoms with Gasteiger partial charge < -0.3 is 15.0 Å². The summed E-state index contributed by atoms with van der Waals surface area (Å²) in [5.41, 5.74) is 0. The first-order valence-corrected chi connectivity index (χ1v) is 5.67. The fourth-order valence-corrected chi connectivity index (χ4v) is 1.85. The highest BCUT2D eigenvalue weighted by atomic mass is 16.5. The predicted molar refractivity (Wildman–Crippen MR) is 59.7 cm³/mol. The summed E-state index contributed by atoms with van der Waals surface area (Å²) in [5.74, 6) is 0.684. The molecule has 1 aliphatic heterocycles. The summed E-state index contributed by atoms with van der Waals surface area (Å²) in [4.78, 5) is 13.9. The fraction of sp³-hybridized carbons (Fsp3) is 0.909. The SMILES string of the molecule is CNCC1COCCN1C(=O)CC(C)C. The summed E-state index contributed by atoms with van der Waals surface area (Å²) in [7, 11) is 1.90. The summed E-state index contributed by atoms with van der Waals surface area (Å²) in [6.07, 6.45) is 0.639. The molecule has 88 valence electrons. The third-order valence-corrected chi connectivity index (χ3v) is 2.57. The lowest BCUT2D eigenvalue weighted by Gasteiger charge is -2.36. The maximum atomic E-state index is 11.9. The molecule has 1 aliphatic rings. The predicted octanol–water partition coefficient (Wildman–Crippen LogP) is 0.479. The molecule has 15 heavy (non-hydrogen) atoms. The zero-order valence-electron chi connectivity index (χ0n) is 9.95. The van der Waals surface area contributed by atoms with Gasteiger partial charge in [-0.1, -0.05) is 13.8 Å². The molecule has 4 heteroatoms. The average molecular weight is 214 g/mol. The lowest BCUT2D eigenvalue weighted by Crippen LogP contribution is -2.52. The molecule has 1 atom stereocenters. The highest BCUT2D eigenvalue weighted by Crippen LogP contribution is 2.11. The van der Waals surface area contributed by atoms with Gasteiger partial charge in [-0.25, -0.2) is 0 Å². The lowest BCUT2D eigenvalue weighted by molar-refractivity contribution is -0.140. The molecule has 0 aromatic heterocycles. The Hall–Kier alpha value is -0.610. The molecule has 0 saturated carbocycles. The van der Waals surface area contributed by atoms with Crippen molar-refractivity contribution in [1.82, 2.24) is 10.2 Å². The first-order valence-electron chi connectivity index (χ1n) is 5.67. The fourth-order valence-electron chi connectivity index (χ4n) is 1.85. The highest BCUT2D eigenvalue weighted by molar-refractivity contribution is 5.76. The maximum Gasteiger partial charge on any atom is 0.223 e. The van der Waals surface area contributed by atoms with Gasteiger partial charge in [-0.05, 0) is 13.0 Å². The number of nitrogens with zero attached hydrogens (tertiary/aromatic N) is 1. The number of likely N-dealkylation sites (N-methyl/N-ethyl adjacent to an activating group) is 1. The van der Waals surface area contributed by atoms with Crippen LogP contribution in [-0.2, 0) is 9.53 Å². The number of rotatable bonds is 4. The molecule has 1 saturated heterocycles. The van der Waals surface area contributed by atoms with E-state index in [0.717, 1.165) is 13.1 Å². The summed E-state index contributed by atoms with van der Waals surface area (Å²) in [6.45, 7) is 7.02. The Labute approximate surface area is 92.0 Å². The van der Waals surface area contributed by atoms with Crippen molar-refractivity contribution in [3.8, 4) is 0 Å². The van der Waals surface area contributed by atoms with Gasteiger partial charge in [0, 0.05) is 19.5 Å². The van der Waals surface area contributed by atoms with Crippen LogP contribution in [0.1, 0.15) is 20.3 Å². The van der Waals surface area contributed by atoms with Gasteiger partial charge in [-0.3, -0.25) is 4.79 Å². The molecule has 1 fully saturated rings. The Balaban J connectivity index is 2.51. The lowest BCUT2D eigenvalue weighted by atomic mass is 10.1. The minimum atomic E-state index is 0.204. The van der Waals surface area contributed by atoms with Crippen molar-refractivity contribution in [2.24, 2.45) is 5.92 Å². The number of ether oxygens (including phenoxy) is 1. The highest BCUT2D eigenvalue weighted by Gasteiger charge is 2.26. The van der Waals surface area contributed by atoms with E-state index in [2.05, 4.69) is 19.2 Å². The number of amides is 1. The van der Waals surface area contributed by atoms with Gasteiger partial charge in [-0.15, -0.1) is 0 Å². The zero-order valence-corrected chi connectivity index (χ0v) is 9.95. The van der Waals surface area contributed by atoms with Crippen molar-refractivity contribution in [3.05, 3.63) is 0 Å². The van der Waals surface area contributed by atoms with E-state index in [9.17, 15) is 4.79 Å². The molecule has 0 spiro atoms. The van der Waals surface area contributed by atoms with E-state index < -0.39 is 0 Å². The smallest absolute Gasteiger partial charge is 0.223 e. The Morgan fingerprint density at radius 2 is 2.33 bits per heavy atom. The number of hydrogen-bond donors (Lipinski definition) is 1. The second-order valence-corrected chi connectivity index (χ2v) is 4.47. The Kier molecular flexibility index (Phi) is 5.05.